The average molecular weight is 306 g/mol. The van der Waals surface area contributed by atoms with Crippen LogP contribution in [0.4, 0.5) is 4.39 Å². The molecule has 21 heavy (non-hydrogen) atoms. The van der Waals surface area contributed by atoms with E-state index in [1.807, 2.05) is 38.1 Å². The molecular weight excluding hydrogens is 285 g/mol. The van der Waals surface area contributed by atoms with Crippen LogP contribution in [0.2, 0.25) is 5.02 Å². The van der Waals surface area contributed by atoms with E-state index in [-0.39, 0.29) is 5.82 Å². The van der Waals surface area contributed by atoms with Crippen molar-refractivity contribution >= 4 is 11.6 Å². The van der Waals surface area contributed by atoms with Gasteiger partial charge in [0.1, 0.15) is 5.82 Å². The van der Waals surface area contributed by atoms with E-state index in [4.69, 9.17) is 11.6 Å². The maximum Gasteiger partial charge on any atom is 0.128 e. The molecule has 0 unspecified atom stereocenters. The Morgan fingerprint density at radius 3 is 2.48 bits per heavy atom. The molecule has 0 aliphatic rings. The van der Waals surface area contributed by atoms with Crippen molar-refractivity contribution in [3.8, 4) is 11.1 Å². The molecule has 1 N–H and O–H groups in total. The lowest BCUT2D eigenvalue weighted by atomic mass is 9.99. The van der Waals surface area contributed by atoms with E-state index >= 15 is 0 Å². The highest BCUT2D eigenvalue weighted by Gasteiger charge is 2.09. The smallest absolute Gasteiger partial charge is 0.128 e. The Hall–Kier alpha value is -1.38. The van der Waals surface area contributed by atoms with E-state index in [9.17, 15) is 4.39 Å². The van der Waals surface area contributed by atoms with Crippen molar-refractivity contribution in [3.05, 3.63) is 57.9 Å². The first-order valence-corrected chi connectivity index (χ1v) is 7.67. The van der Waals surface area contributed by atoms with E-state index in [1.54, 1.807) is 6.07 Å². The minimum absolute atomic E-state index is 0.189. The van der Waals surface area contributed by atoms with E-state index in [2.05, 4.69) is 12.2 Å². The highest BCUT2D eigenvalue weighted by molar-refractivity contribution is 6.33. The lowest BCUT2D eigenvalue weighted by Gasteiger charge is -2.11. The predicted molar refractivity (Wildman–Crippen MR) is 88.3 cm³/mol. The molecule has 0 aliphatic carbocycles. The van der Waals surface area contributed by atoms with Gasteiger partial charge in [0.2, 0.25) is 0 Å². The zero-order valence-corrected chi connectivity index (χ0v) is 13.5. The maximum atomic E-state index is 14.2. The molecule has 0 saturated heterocycles. The van der Waals surface area contributed by atoms with Crippen LogP contribution in [-0.2, 0) is 6.54 Å². The van der Waals surface area contributed by atoms with Crippen LogP contribution in [0.5, 0.6) is 0 Å². The number of aryl methyl sites for hydroxylation is 2. The van der Waals surface area contributed by atoms with E-state index in [0.717, 1.165) is 35.2 Å². The van der Waals surface area contributed by atoms with Crippen LogP contribution in [0, 0.1) is 19.7 Å². The second-order valence-corrected chi connectivity index (χ2v) is 5.81. The first-order chi connectivity index (χ1) is 10.0. The van der Waals surface area contributed by atoms with Gasteiger partial charge in [-0.2, -0.15) is 0 Å². The van der Waals surface area contributed by atoms with Gasteiger partial charge in [-0.25, -0.2) is 4.39 Å². The van der Waals surface area contributed by atoms with E-state index in [1.165, 1.54) is 0 Å². The number of halogens is 2. The Bertz CT molecular complexity index is 637. The number of nitrogens with one attached hydrogen (secondary N) is 1. The molecule has 0 amide bonds. The normalized spacial score (nSPS) is 10.9. The van der Waals surface area contributed by atoms with Crippen LogP contribution in [0.25, 0.3) is 11.1 Å². The number of rotatable bonds is 5. The maximum absolute atomic E-state index is 14.2. The van der Waals surface area contributed by atoms with Gasteiger partial charge in [0.05, 0.1) is 0 Å². The summed E-state index contributed by atoms with van der Waals surface area (Å²) < 4.78 is 14.2. The molecule has 112 valence electrons. The molecule has 0 atom stereocenters. The quantitative estimate of drug-likeness (QED) is 0.743. The van der Waals surface area contributed by atoms with Crippen LogP contribution >= 0.6 is 11.6 Å². The number of benzene rings is 2. The van der Waals surface area contributed by atoms with Crippen molar-refractivity contribution < 1.29 is 4.39 Å². The highest BCUT2D eigenvalue weighted by atomic mass is 35.5. The summed E-state index contributed by atoms with van der Waals surface area (Å²) in [6.45, 7) is 7.60. The molecule has 0 bridgehead atoms. The van der Waals surface area contributed by atoms with Crippen LogP contribution < -0.4 is 5.32 Å². The zero-order valence-electron chi connectivity index (χ0n) is 12.8. The average Bonchev–Trinajstić information content (AvgIpc) is 2.45. The van der Waals surface area contributed by atoms with Gasteiger partial charge >= 0.3 is 0 Å². The van der Waals surface area contributed by atoms with Gasteiger partial charge in [-0.3, -0.25) is 0 Å². The fraction of sp³-hybridized carbons (Fsp3) is 0.333. The van der Waals surface area contributed by atoms with Gasteiger partial charge in [0.25, 0.3) is 0 Å². The van der Waals surface area contributed by atoms with Gasteiger partial charge in [-0.05, 0) is 61.7 Å². The molecule has 0 radical (unpaired) electrons. The third-order valence-corrected chi connectivity index (χ3v) is 4.00. The van der Waals surface area contributed by atoms with Crippen molar-refractivity contribution in [2.24, 2.45) is 0 Å². The van der Waals surface area contributed by atoms with Gasteiger partial charge in [0, 0.05) is 22.7 Å². The molecule has 2 rings (SSSR count). The molecule has 0 fully saturated rings. The monoisotopic (exact) mass is 305 g/mol. The summed E-state index contributed by atoms with van der Waals surface area (Å²) in [7, 11) is 0. The summed E-state index contributed by atoms with van der Waals surface area (Å²) in [5.74, 6) is -0.189. The molecule has 0 aliphatic heterocycles. The van der Waals surface area contributed by atoms with Crippen molar-refractivity contribution in [1.29, 1.82) is 0 Å². The molecular formula is C18H21ClFN. The Balaban J connectivity index is 2.30. The van der Waals surface area contributed by atoms with Gasteiger partial charge in [-0.1, -0.05) is 30.7 Å². The van der Waals surface area contributed by atoms with Gasteiger partial charge in [-0.15, -0.1) is 0 Å². The first kappa shape index (κ1) is 16.0. The van der Waals surface area contributed by atoms with Crippen LogP contribution in [0.15, 0.2) is 30.3 Å². The lowest BCUT2D eigenvalue weighted by Crippen LogP contribution is -2.14. The first-order valence-electron chi connectivity index (χ1n) is 7.29. The molecule has 3 heteroatoms. The predicted octanol–water partition coefficient (Wildman–Crippen LogP) is 5.26. The minimum Gasteiger partial charge on any atom is -0.313 e. The van der Waals surface area contributed by atoms with Crippen LogP contribution in [0.3, 0.4) is 0 Å². The molecule has 0 spiro atoms. The zero-order chi connectivity index (χ0) is 15.4. The molecule has 2 aromatic carbocycles. The second-order valence-electron chi connectivity index (χ2n) is 5.40. The molecule has 1 nitrogen and oxygen atoms in total. The Labute approximate surface area is 131 Å². The third kappa shape index (κ3) is 3.84. The van der Waals surface area contributed by atoms with Crippen molar-refractivity contribution in [1.82, 2.24) is 5.32 Å². The topological polar surface area (TPSA) is 12.0 Å². The summed E-state index contributed by atoms with van der Waals surface area (Å²) in [6, 6.07) is 9.28. The number of hydrogen-bond acceptors (Lipinski definition) is 1. The largest absolute Gasteiger partial charge is 0.313 e. The third-order valence-electron chi connectivity index (χ3n) is 3.69. The molecule has 2 aromatic rings. The minimum atomic E-state index is -0.189. The summed E-state index contributed by atoms with van der Waals surface area (Å²) >= 11 is 6.30. The van der Waals surface area contributed by atoms with Gasteiger partial charge in [0.15, 0.2) is 0 Å². The second kappa shape index (κ2) is 7.06. The summed E-state index contributed by atoms with van der Waals surface area (Å²) in [4.78, 5) is 0. The van der Waals surface area contributed by atoms with E-state index in [0.29, 0.717) is 17.1 Å². The van der Waals surface area contributed by atoms with Crippen molar-refractivity contribution in [2.45, 2.75) is 33.7 Å². The molecule has 0 saturated carbocycles. The summed E-state index contributed by atoms with van der Waals surface area (Å²) in [5, 5.41) is 3.87. The van der Waals surface area contributed by atoms with Crippen molar-refractivity contribution in [2.75, 3.05) is 6.54 Å². The highest BCUT2D eigenvalue weighted by Crippen LogP contribution is 2.31. The molecule has 0 aromatic heterocycles. The summed E-state index contributed by atoms with van der Waals surface area (Å²) in [6.07, 6.45) is 1.04. The number of hydrogen-bond donors (Lipinski definition) is 1. The fourth-order valence-electron chi connectivity index (χ4n) is 2.26. The lowest BCUT2D eigenvalue weighted by molar-refractivity contribution is 0.587. The van der Waals surface area contributed by atoms with Crippen LogP contribution in [-0.4, -0.2) is 6.54 Å². The fourth-order valence-corrected chi connectivity index (χ4v) is 2.59. The summed E-state index contributed by atoms with van der Waals surface area (Å²) in [5.41, 5.74) is 4.69. The Morgan fingerprint density at radius 1 is 1.10 bits per heavy atom. The molecule has 0 heterocycles. The van der Waals surface area contributed by atoms with Crippen LogP contribution in [0.1, 0.15) is 30.0 Å². The standard InChI is InChI=1S/C18H21ClFN/c1-4-7-21-11-15-6-5-14(10-18(15)20)16-8-12(2)13(3)9-17(16)19/h5-6,8-10,21H,4,7,11H2,1-3H3. The van der Waals surface area contributed by atoms with Gasteiger partial charge < -0.3 is 5.32 Å². The Kier molecular flexibility index (Phi) is 5.38. The van der Waals surface area contributed by atoms with Crippen molar-refractivity contribution in [3.63, 3.8) is 0 Å². The Morgan fingerprint density at radius 2 is 1.81 bits per heavy atom. The van der Waals surface area contributed by atoms with E-state index < -0.39 is 0 Å². The SMILES string of the molecule is CCCNCc1ccc(-c2cc(C)c(C)cc2Cl)cc1F.